The second-order valence-electron chi connectivity index (χ2n) is 3.26. The van der Waals surface area contributed by atoms with Gasteiger partial charge < -0.3 is 9.47 Å². The molecule has 1 N–H and O–H groups in total. The number of methoxy groups -OCH3 is 1. The summed E-state index contributed by atoms with van der Waals surface area (Å²) in [4.78, 5) is 5.17. The minimum Gasteiger partial charge on any atom is -0.481 e. The van der Waals surface area contributed by atoms with E-state index in [2.05, 4.69) is 11.4 Å². The molecule has 0 spiro atoms. The Kier molecular flexibility index (Phi) is 6.84. The second kappa shape index (κ2) is 8.59. The van der Waals surface area contributed by atoms with Crippen LogP contribution in [0.5, 0.6) is 5.75 Å². The zero-order chi connectivity index (χ0) is 12.3. The Morgan fingerprint density at radius 1 is 1.29 bits per heavy atom. The topological polar surface area (TPSA) is 39.7 Å². The first kappa shape index (κ1) is 13.5. The highest BCUT2D eigenvalue weighted by Crippen LogP contribution is 2.17. The van der Waals surface area contributed by atoms with Crippen LogP contribution in [0.2, 0.25) is 0 Å². The lowest BCUT2D eigenvalue weighted by Gasteiger charge is -2.10. The van der Waals surface area contributed by atoms with Crippen LogP contribution in [-0.4, -0.2) is 26.9 Å². The molecular formula is C13H17NO3. The number of hydroxylamine groups is 1. The van der Waals surface area contributed by atoms with E-state index >= 15 is 0 Å². The number of ether oxygens (including phenoxy) is 2. The third-order valence-electron chi connectivity index (χ3n) is 2.04. The Bertz CT molecular complexity index is 360. The molecule has 0 radical (unpaired) electrons. The summed E-state index contributed by atoms with van der Waals surface area (Å²) in [7, 11) is 1.63. The van der Waals surface area contributed by atoms with Crippen molar-refractivity contribution < 1.29 is 14.3 Å². The van der Waals surface area contributed by atoms with Crippen LogP contribution in [0.3, 0.4) is 0 Å². The molecule has 0 fully saturated rings. The van der Waals surface area contributed by atoms with Crippen molar-refractivity contribution in [3.8, 4) is 18.1 Å². The zero-order valence-corrected chi connectivity index (χ0v) is 9.94. The fraction of sp³-hybridized carbons (Fsp3) is 0.385. The molecule has 1 rings (SSSR count). The van der Waals surface area contributed by atoms with Gasteiger partial charge in [-0.15, -0.1) is 6.42 Å². The van der Waals surface area contributed by atoms with E-state index in [9.17, 15) is 0 Å². The van der Waals surface area contributed by atoms with Crippen molar-refractivity contribution in [2.24, 2.45) is 0 Å². The molecule has 0 aliphatic heterocycles. The predicted molar refractivity (Wildman–Crippen MR) is 65.4 cm³/mol. The van der Waals surface area contributed by atoms with Gasteiger partial charge in [0.25, 0.3) is 0 Å². The van der Waals surface area contributed by atoms with Crippen LogP contribution in [0.1, 0.15) is 5.56 Å². The maximum atomic E-state index is 5.41. The molecule has 1 aromatic rings. The van der Waals surface area contributed by atoms with E-state index in [4.69, 9.17) is 20.7 Å². The molecule has 92 valence electrons. The normalized spacial score (nSPS) is 9.88. The van der Waals surface area contributed by atoms with E-state index < -0.39 is 0 Å². The van der Waals surface area contributed by atoms with Crippen LogP contribution in [0.15, 0.2) is 24.3 Å². The largest absolute Gasteiger partial charge is 0.481 e. The number of hydrogen-bond donors (Lipinski definition) is 1. The third-order valence-corrected chi connectivity index (χ3v) is 2.04. The van der Waals surface area contributed by atoms with Gasteiger partial charge in [0, 0.05) is 19.2 Å². The lowest BCUT2D eigenvalue weighted by atomic mass is 10.2. The van der Waals surface area contributed by atoms with Crippen LogP contribution >= 0.6 is 0 Å². The smallest absolute Gasteiger partial charge is 0.148 e. The van der Waals surface area contributed by atoms with Gasteiger partial charge in [-0.2, -0.15) is 5.48 Å². The quantitative estimate of drug-likeness (QED) is 0.419. The molecular weight excluding hydrogens is 218 g/mol. The molecule has 0 saturated heterocycles. The fourth-order valence-corrected chi connectivity index (χ4v) is 1.24. The first-order valence-electron chi connectivity index (χ1n) is 5.36. The number of nitrogens with one attached hydrogen (secondary N) is 1. The van der Waals surface area contributed by atoms with E-state index in [0.717, 1.165) is 11.3 Å². The first-order valence-corrected chi connectivity index (χ1v) is 5.36. The van der Waals surface area contributed by atoms with Crippen LogP contribution in [0.25, 0.3) is 0 Å². The van der Waals surface area contributed by atoms with Gasteiger partial charge >= 0.3 is 0 Å². The van der Waals surface area contributed by atoms with Gasteiger partial charge in [-0.05, 0) is 6.07 Å². The molecule has 0 unspecified atom stereocenters. The van der Waals surface area contributed by atoms with Gasteiger partial charge in [0.15, 0.2) is 0 Å². The van der Waals surface area contributed by atoms with Crippen LogP contribution in [-0.2, 0) is 16.1 Å². The maximum absolute atomic E-state index is 5.41. The monoisotopic (exact) mass is 235 g/mol. The SMILES string of the molecule is C#CCOc1ccccc1CNOCCOC. The summed E-state index contributed by atoms with van der Waals surface area (Å²) in [6.45, 7) is 1.89. The summed E-state index contributed by atoms with van der Waals surface area (Å²) in [5.74, 6) is 3.21. The highest BCUT2D eigenvalue weighted by molar-refractivity contribution is 5.33. The lowest BCUT2D eigenvalue weighted by Crippen LogP contribution is -2.17. The predicted octanol–water partition coefficient (Wildman–Crippen LogP) is 1.37. The molecule has 4 heteroatoms. The standard InChI is InChI=1S/C13H17NO3/c1-3-8-16-13-7-5-4-6-12(13)11-14-17-10-9-15-2/h1,4-7,14H,8-11H2,2H3. The second-order valence-corrected chi connectivity index (χ2v) is 3.26. The fourth-order valence-electron chi connectivity index (χ4n) is 1.24. The van der Waals surface area contributed by atoms with Crippen molar-refractivity contribution in [3.05, 3.63) is 29.8 Å². The van der Waals surface area contributed by atoms with Crippen molar-refractivity contribution in [2.45, 2.75) is 6.54 Å². The van der Waals surface area contributed by atoms with E-state index in [1.54, 1.807) is 7.11 Å². The Labute approximate surface area is 102 Å². The van der Waals surface area contributed by atoms with Crippen LogP contribution < -0.4 is 10.2 Å². The molecule has 4 nitrogen and oxygen atoms in total. The number of benzene rings is 1. The number of terminal acetylenes is 1. The maximum Gasteiger partial charge on any atom is 0.148 e. The highest BCUT2D eigenvalue weighted by atomic mass is 16.7. The zero-order valence-electron chi connectivity index (χ0n) is 9.94. The lowest BCUT2D eigenvalue weighted by molar-refractivity contribution is 0.00319. The summed E-state index contributed by atoms with van der Waals surface area (Å²) in [6.07, 6.45) is 5.15. The van der Waals surface area contributed by atoms with Gasteiger partial charge in [-0.25, -0.2) is 0 Å². The highest BCUT2D eigenvalue weighted by Gasteiger charge is 2.01. The molecule has 1 aromatic carbocycles. The number of para-hydroxylation sites is 1. The molecule has 0 heterocycles. The molecule has 0 aliphatic rings. The molecule has 0 amide bonds. The third kappa shape index (κ3) is 5.36. The van der Waals surface area contributed by atoms with Gasteiger partial charge in [-0.3, -0.25) is 4.84 Å². The van der Waals surface area contributed by atoms with E-state index in [-0.39, 0.29) is 6.61 Å². The Morgan fingerprint density at radius 3 is 2.88 bits per heavy atom. The number of hydrogen-bond acceptors (Lipinski definition) is 4. The van der Waals surface area contributed by atoms with Gasteiger partial charge in [0.1, 0.15) is 12.4 Å². The van der Waals surface area contributed by atoms with Crippen LogP contribution in [0, 0.1) is 12.3 Å². The van der Waals surface area contributed by atoms with Crippen molar-refractivity contribution >= 4 is 0 Å². The summed E-state index contributed by atoms with van der Waals surface area (Å²) >= 11 is 0. The summed E-state index contributed by atoms with van der Waals surface area (Å²) in [6, 6.07) is 7.68. The average molecular weight is 235 g/mol. The molecule has 17 heavy (non-hydrogen) atoms. The Hall–Kier alpha value is -1.54. The summed E-state index contributed by atoms with van der Waals surface area (Å²) in [5.41, 5.74) is 3.84. The van der Waals surface area contributed by atoms with Crippen molar-refractivity contribution in [2.75, 3.05) is 26.9 Å². The molecule has 0 bridgehead atoms. The van der Waals surface area contributed by atoms with Gasteiger partial charge in [0.2, 0.25) is 0 Å². The Balaban J connectivity index is 2.38. The molecule has 0 aliphatic carbocycles. The first-order chi connectivity index (χ1) is 8.38. The van der Waals surface area contributed by atoms with Gasteiger partial charge in [0.05, 0.1) is 13.2 Å². The summed E-state index contributed by atoms with van der Waals surface area (Å²) in [5, 5.41) is 0. The summed E-state index contributed by atoms with van der Waals surface area (Å²) < 4.78 is 10.3. The molecule has 0 atom stereocenters. The number of rotatable bonds is 8. The molecule has 0 saturated carbocycles. The van der Waals surface area contributed by atoms with Crippen LogP contribution in [0.4, 0.5) is 0 Å². The average Bonchev–Trinajstić information content (AvgIpc) is 2.37. The Morgan fingerprint density at radius 2 is 2.12 bits per heavy atom. The van der Waals surface area contributed by atoms with Gasteiger partial charge in [-0.1, -0.05) is 24.1 Å². The van der Waals surface area contributed by atoms with Crippen molar-refractivity contribution in [3.63, 3.8) is 0 Å². The van der Waals surface area contributed by atoms with Crippen molar-refractivity contribution in [1.29, 1.82) is 0 Å². The minimum atomic E-state index is 0.265. The van der Waals surface area contributed by atoms with Crippen molar-refractivity contribution in [1.82, 2.24) is 5.48 Å². The molecule has 0 aromatic heterocycles. The van der Waals surface area contributed by atoms with E-state index in [1.165, 1.54) is 0 Å². The van der Waals surface area contributed by atoms with E-state index in [0.29, 0.717) is 19.8 Å². The minimum absolute atomic E-state index is 0.265. The van der Waals surface area contributed by atoms with E-state index in [1.807, 2.05) is 24.3 Å².